The van der Waals surface area contributed by atoms with Gasteiger partial charge in [-0.25, -0.2) is 0 Å². The van der Waals surface area contributed by atoms with Crippen LogP contribution < -0.4 is 10.5 Å². The van der Waals surface area contributed by atoms with Crippen molar-refractivity contribution in [1.82, 2.24) is 0 Å². The van der Waals surface area contributed by atoms with Gasteiger partial charge in [0.1, 0.15) is 11.9 Å². The first-order chi connectivity index (χ1) is 9.49. The van der Waals surface area contributed by atoms with E-state index in [1.54, 1.807) is 0 Å². The third-order valence-corrected chi connectivity index (χ3v) is 4.67. The lowest BCUT2D eigenvalue weighted by molar-refractivity contribution is 0.178. The van der Waals surface area contributed by atoms with Gasteiger partial charge in [0, 0.05) is 20.6 Å². The predicted molar refractivity (Wildman–Crippen MR) is 93.0 cm³/mol. The van der Waals surface area contributed by atoms with E-state index in [2.05, 4.69) is 47.8 Å². The molecule has 2 aromatic rings. The van der Waals surface area contributed by atoms with E-state index in [0.717, 1.165) is 24.7 Å². The third kappa shape index (κ3) is 3.85. The summed E-state index contributed by atoms with van der Waals surface area (Å²) in [5, 5.41) is 0. The van der Waals surface area contributed by atoms with Crippen LogP contribution in [0.1, 0.15) is 18.6 Å². The molecule has 0 fully saturated rings. The number of benzene rings is 2. The number of ether oxygens (including phenoxy) is 1. The van der Waals surface area contributed by atoms with Gasteiger partial charge in [-0.2, -0.15) is 0 Å². The van der Waals surface area contributed by atoms with Crippen LogP contribution in [-0.2, 0) is 0 Å². The molecule has 0 bridgehead atoms. The first-order valence-electron chi connectivity index (χ1n) is 6.10. The monoisotopic (exact) mass is 461 g/mol. The van der Waals surface area contributed by atoms with Crippen LogP contribution in [0.15, 0.2) is 55.9 Å². The van der Waals surface area contributed by atoms with E-state index in [1.807, 2.05) is 49.4 Å². The zero-order chi connectivity index (χ0) is 14.7. The molecule has 0 radical (unpaired) electrons. The van der Waals surface area contributed by atoms with Gasteiger partial charge in [-0.1, -0.05) is 50.1 Å². The van der Waals surface area contributed by atoms with E-state index < -0.39 is 0 Å². The minimum Gasteiger partial charge on any atom is -0.483 e. The molecule has 0 aliphatic carbocycles. The summed E-state index contributed by atoms with van der Waals surface area (Å²) in [7, 11) is 0. The molecule has 2 aromatic carbocycles. The topological polar surface area (TPSA) is 35.2 Å². The van der Waals surface area contributed by atoms with Gasteiger partial charge in [0.2, 0.25) is 0 Å². The summed E-state index contributed by atoms with van der Waals surface area (Å²) in [4.78, 5) is 0. The Morgan fingerprint density at radius 1 is 1.00 bits per heavy atom. The quantitative estimate of drug-likeness (QED) is 0.655. The molecule has 2 nitrogen and oxygen atoms in total. The zero-order valence-corrected chi connectivity index (χ0v) is 15.6. The van der Waals surface area contributed by atoms with Crippen molar-refractivity contribution < 1.29 is 4.74 Å². The van der Waals surface area contributed by atoms with Crippen molar-refractivity contribution in [3.63, 3.8) is 0 Å². The lowest BCUT2D eigenvalue weighted by Gasteiger charge is -2.24. The highest BCUT2D eigenvalue weighted by molar-refractivity contribution is 9.11. The second kappa shape index (κ2) is 7.07. The van der Waals surface area contributed by atoms with Crippen molar-refractivity contribution in [2.75, 3.05) is 0 Å². The van der Waals surface area contributed by atoms with E-state index in [9.17, 15) is 0 Å². The fraction of sp³-hybridized carbons (Fsp3) is 0.200. The molecule has 106 valence electrons. The van der Waals surface area contributed by atoms with Crippen LogP contribution >= 0.6 is 47.8 Å². The Hall–Kier alpha value is -0.360. The summed E-state index contributed by atoms with van der Waals surface area (Å²) in [6.07, 6.45) is -0.219. The lowest BCUT2D eigenvalue weighted by atomic mass is 10.0. The van der Waals surface area contributed by atoms with Crippen LogP contribution in [0.3, 0.4) is 0 Å². The fourth-order valence-electron chi connectivity index (χ4n) is 1.87. The van der Waals surface area contributed by atoms with Crippen LogP contribution in [0.4, 0.5) is 0 Å². The minimum absolute atomic E-state index is 0.135. The summed E-state index contributed by atoms with van der Waals surface area (Å²) < 4.78 is 8.99. The van der Waals surface area contributed by atoms with Crippen molar-refractivity contribution in [1.29, 1.82) is 0 Å². The minimum atomic E-state index is -0.219. The standard InChI is InChI=1S/C15H14Br3NO/c1-9(19)15(11-4-2-3-5-12(11)17)20-14-7-6-10(16)8-13(14)18/h2-9,15H,19H2,1H3. The van der Waals surface area contributed by atoms with Crippen LogP contribution in [0.25, 0.3) is 0 Å². The molecule has 20 heavy (non-hydrogen) atoms. The lowest BCUT2D eigenvalue weighted by Crippen LogP contribution is -2.29. The highest BCUT2D eigenvalue weighted by Crippen LogP contribution is 2.34. The molecule has 5 heteroatoms. The maximum absolute atomic E-state index is 6.11. The summed E-state index contributed by atoms with van der Waals surface area (Å²) in [6.45, 7) is 1.94. The van der Waals surface area contributed by atoms with Crippen molar-refractivity contribution in [3.8, 4) is 5.75 Å². The smallest absolute Gasteiger partial charge is 0.140 e. The molecule has 0 spiro atoms. The summed E-state index contributed by atoms with van der Waals surface area (Å²) in [6, 6.07) is 13.6. The molecule has 0 amide bonds. The number of rotatable bonds is 4. The van der Waals surface area contributed by atoms with Crippen LogP contribution in [0, 0.1) is 0 Å². The fourth-order valence-corrected chi connectivity index (χ4v) is 3.52. The Balaban J connectivity index is 2.33. The molecule has 2 N–H and O–H groups in total. The first kappa shape index (κ1) is 16.0. The Morgan fingerprint density at radius 3 is 2.30 bits per heavy atom. The number of halogens is 3. The highest BCUT2D eigenvalue weighted by atomic mass is 79.9. The average Bonchev–Trinajstić information content (AvgIpc) is 2.39. The molecule has 0 aliphatic rings. The molecule has 0 saturated carbocycles. The van der Waals surface area contributed by atoms with Crippen LogP contribution in [0.5, 0.6) is 5.75 Å². The Kier molecular flexibility index (Phi) is 5.66. The van der Waals surface area contributed by atoms with E-state index in [4.69, 9.17) is 10.5 Å². The molecule has 0 saturated heterocycles. The van der Waals surface area contributed by atoms with Gasteiger partial charge >= 0.3 is 0 Å². The van der Waals surface area contributed by atoms with E-state index in [1.165, 1.54) is 0 Å². The normalized spacial score (nSPS) is 13.8. The molecule has 0 heterocycles. The van der Waals surface area contributed by atoms with Gasteiger partial charge in [-0.05, 0) is 47.1 Å². The largest absolute Gasteiger partial charge is 0.483 e. The van der Waals surface area contributed by atoms with Gasteiger partial charge < -0.3 is 10.5 Å². The molecule has 0 aromatic heterocycles. The van der Waals surface area contributed by atoms with Crippen molar-refractivity contribution in [2.45, 2.75) is 19.1 Å². The molecule has 2 unspecified atom stereocenters. The van der Waals surface area contributed by atoms with Crippen molar-refractivity contribution >= 4 is 47.8 Å². The number of nitrogens with two attached hydrogens (primary N) is 1. The van der Waals surface area contributed by atoms with Gasteiger partial charge in [0.05, 0.1) is 4.47 Å². The number of hydrogen-bond acceptors (Lipinski definition) is 2. The Bertz CT molecular complexity index is 601. The highest BCUT2D eigenvalue weighted by Gasteiger charge is 2.21. The predicted octanol–water partition coefficient (Wildman–Crippen LogP) is 5.44. The molecule has 2 rings (SSSR count). The van der Waals surface area contributed by atoms with E-state index in [-0.39, 0.29) is 12.1 Å². The second-order valence-corrected chi connectivity index (χ2v) is 7.12. The Labute approximate surface area is 144 Å². The van der Waals surface area contributed by atoms with Gasteiger partial charge in [0.15, 0.2) is 0 Å². The maximum atomic E-state index is 6.11. The van der Waals surface area contributed by atoms with Gasteiger partial charge in [0.25, 0.3) is 0 Å². The summed E-state index contributed by atoms with van der Waals surface area (Å²) >= 11 is 10.5. The molecular formula is C15H14Br3NO. The number of hydrogen-bond donors (Lipinski definition) is 1. The first-order valence-corrected chi connectivity index (χ1v) is 8.48. The van der Waals surface area contributed by atoms with Crippen LogP contribution in [-0.4, -0.2) is 6.04 Å². The van der Waals surface area contributed by atoms with Gasteiger partial charge in [-0.15, -0.1) is 0 Å². The van der Waals surface area contributed by atoms with Crippen molar-refractivity contribution in [2.24, 2.45) is 5.73 Å². The summed E-state index contributed by atoms with van der Waals surface area (Å²) in [5.41, 5.74) is 7.13. The molecule has 0 aliphatic heterocycles. The molecular weight excluding hydrogens is 450 g/mol. The maximum Gasteiger partial charge on any atom is 0.140 e. The van der Waals surface area contributed by atoms with Gasteiger partial charge in [-0.3, -0.25) is 0 Å². The van der Waals surface area contributed by atoms with Crippen molar-refractivity contribution in [3.05, 3.63) is 61.4 Å². The SMILES string of the molecule is CC(N)C(Oc1ccc(Br)cc1Br)c1ccccc1Br. The van der Waals surface area contributed by atoms with E-state index >= 15 is 0 Å². The Morgan fingerprint density at radius 2 is 1.70 bits per heavy atom. The summed E-state index contributed by atoms with van der Waals surface area (Å²) in [5.74, 6) is 0.770. The second-order valence-electron chi connectivity index (χ2n) is 4.49. The zero-order valence-electron chi connectivity index (χ0n) is 10.8. The molecule has 2 atom stereocenters. The van der Waals surface area contributed by atoms with E-state index in [0.29, 0.717) is 0 Å². The average molecular weight is 464 g/mol. The third-order valence-electron chi connectivity index (χ3n) is 2.84. The van der Waals surface area contributed by atoms with Crippen LogP contribution in [0.2, 0.25) is 0 Å².